The molecule has 0 fully saturated rings. The Morgan fingerprint density at radius 1 is 0.886 bits per heavy atom. The van der Waals surface area contributed by atoms with Gasteiger partial charge in [0.1, 0.15) is 6.04 Å². The molecule has 4 aromatic rings. The standard InChI is InChI=1S/C26H31N7O2/c27-26(28)30-12-5-10-24(34)33-23(14-18-16-32-22-9-4-2-7-20(18)22)25(35)29-13-11-17-15-31-21-8-3-1-6-19(17)21/h1-4,6-9,15-16,23,31-32H,5,10-14H2,(H,29,35)(H,33,34)(H4,27,28,30). The van der Waals surface area contributed by atoms with E-state index >= 15 is 0 Å². The minimum absolute atomic E-state index is 0.128. The Morgan fingerprint density at radius 2 is 1.51 bits per heavy atom. The Balaban J connectivity index is 1.39. The van der Waals surface area contributed by atoms with Crippen molar-refractivity contribution >= 4 is 39.6 Å². The van der Waals surface area contributed by atoms with Crippen LogP contribution in [0.4, 0.5) is 0 Å². The molecule has 0 aliphatic rings. The number of carbonyl (C=O) groups is 2. The van der Waals surface area contributed by atoms with Crippen molar-refractivity contribution in [3.8, 4) is 0 Å². The van der Waals surface area contributed by atoms with Crippen LogP contribution in [0, 0.1) is 5.41 Å². The molecule has 182 valence electrons. The molecule has 1 atom stereocenters. The largest absolute Gasteiger partial charge is 0.370 e. The highest BCUT2D eigenvalue weighted by atomic mass is 16.2. The fraction of sp³-hybridized carbons (Fsp3) is 0.269. The summed E-state index contributed by atoms with van der Waals surface area (Å²) in [5.41, 5.74) is 9.44. The van der Waals surface area contributed by atoms with Crippen molar-refractivity contribution in [2.45, 2.75) is 31.7 Å². The van der Waals surface area contributed by atoms with Crippen LogP contribution < -0.4 is 21.7 Å². The second kappa shape index (κ2) is 11.2. The Bertz CT molecular complexity index is 1320. The van der Waals surface area contributed by atoms with E-state index < -0.39 is 6.04 Å². The molecule has 1 unspecified atom stereocenters. The molecule has 9 heteroatoms. The normalized spacial score (nSPS) is 11.9. The maximum absolute atomic E-state index is 13.2. The van der Waals surface area contributed by atoms with E-state index in [0.717, 1.165) is 32.9 Å². The van der Waals surface area contributed by atoms with Gasteiger partial charge in [-0.1, -0.05) is 36.4 Å². The monoisotopic (exact) mass is 473 g/mol. The molecule has 2 amide bonds. The summed E-state index contributed by atoms with van der Waals surface area (Å²) in [6.07, 6.45) is 5.65. The van der Waals surface area contributed by atoms with Crippen molar-refractivity contribution in [1.29, 1.82) is 5.41 Å². The van der Waals surface area contributed by atoms with Gasteiger partial charge in [-0.25, -0.2) is 0 Å². The fourth-order valence-corrected chi connectivity index (χ4v) is 4.25. The van der Waals surface area contributed by atoms with Gasteiger partial charge in [-0.15, -0.1) is 0 Å². The van der Waals surface area contributed by atoms with Crippen molar-refractivity contribution in [2.24, 2.45) is 5.73 Å². The van der Waals surface area contributed by atoms with Crippen molar-refractivity contribution in [1.82, 2.24) is 25.9 Å². The quantitative estimate of drug-likeness (QED) is 0.102. The van der Waals surface area contributed by atoms with Gasteiger partial charge in [0.05, 0.1) is 0 Å². The third kappa shape index (κ3) is 6.20. The molecule has 0 aliphatic carbocycles. The zero-order valence-corrected chi connectivity index (χ0v) is 19.5. The van der Waals surface area contributed by atoms with Gasteiger partial charge in [-0.05, 0) is 36.1 Å². The first kappa shape index (κ1) is 23.9. The van der Waals surface area contributed by atoms with Crippen LogP contribution in [-0.4, -0.2) is 46.9 Å². The van der Waals surface area contributed by atoms with E-state index in [2.05, 4.69) is 32.0 Å². The van der Waals surface area contributed by atoms with Gasteiger partial charge < -0.3 is 31.7 Å². The molecule has 2 heterocycles. The third-order valence-electron chi connectivity index (χ3n) is 6.02. The lowest BCUT2D eigenvalue weighted by Gasteiger charge is -2.18. The number of nitrogens with two attached hydrogens (primary N) is 1. The van der Waals surface area contributed by atoms with E-state index in [4.69, 9.17) is 11.1 Å². The summed E-state index contributed by atoms with van der Waals surface area (Å²) in [5.74, 6) is -0.561. The number of H-pyrrole nitrogens is 2. The Labute approximate surface area is 203 Å². The highest BCUT2D eigenvalue weighted by Crippen LogP contribution is 2.20. The van der Waals surface area contributed by atoms with Crippen molar-refractivity contribution < 1.29 is 9.59 Å². The molecule has 0 bridgehead atoms. The molecule has 8 N–H and O–H groups in total. The average molecular weight is 474 g/mol. The molecule has 0 spiro atoms. The molecule has 2 aromatic heterocycles. The number of rotatable bonds is 11. The average Bonchev–Trinajstić information content (AvgIpc) is 3.46. The van der Waals surface area contributed by atoms with Crippen LogP contribution in [0.25, 0.3) is 21.8 Å². The van der Waals surface area contributed by atoms with Crippen LogP contribution >= 0.6 is 0 Å². The smallest absolute Gasteiger partial charge is 0.242 e. The number of aromatic nitrogens is 2. The Morgan fingerprint density at radius 3 is 2.20 bits per heavy atom. The number of hydrogen-bond acceptors (Lipinski definition) is 3. The van der Waals surface area contributed by atoms with Gasteiger partial charge in [0.15, 0.2) is 5.96 Å². The van der Waals surface area contributed by atoms with Gasteiger partial charge in [0, 0.05) is 60.1 Å². The summed E-state index contributed by atoms with van der Waals surface area (Å²) in [6, 6.07) is 15.3. The van der Waals surface area contributed by atoms with Crippen LogP contribution in [-0.2, 0) is 22.4 Å². The first-order chi connectivity index (χ1) is 17.0. The molecular weight excluding hydrogens is 442 g/mol. The van der Waals surface area contributed by atoms with Gasteiger partial charge >= 0.3 is 0 Å². The highest BCUT2D eigenvalue weighted by molar-refractivity contribution is 5.90. The van der Waals surface area contributed by atoms with Gasteiger partial charge in [0.25, 0.3) is 0 Å². The van der Waals surface area contributed by atoms with Crippen LogP contribution in [0.3, 0.4) is 0 Å². The maximum atomic E-state index is 13.2. The zero-order chi connectivity index (χ0) is 24.6. The lowest BCUT2D eigenvalue weighted by atomic mass is 10.0. The SMILES string of the molecule is N=C(N)NCCCC(=O)NC(Cc1c[nH]c2ccccc12)C(=O)NCCc1c[nH]c2ccccc12. The minimum Gasteiger partial charge on any atom is -0.370 e. The predicted octanol–water partition coefficient (Wildman–Crippen LogP) is 2.30. The summed E-state index contributed by atoms with van der Waals surface area (Å²) < 4.78 is 0. The second-order valence-corrected chi connectivity index (χ2v) is 8.53. The van der Waals surface area contributed by atoms with E-state index in [1.165, 1.54) is 0 Å². The summed E-state index contributed by atoms with van der Waals surface area (Å²) >= 11 is 0. The number of carbonyl (C=O) groups excluding carboxylic acids is 2. The summed E-state index contributed by atoms with van der Waals surface area (Å²) in [6.45, 7) is 0.885. The lowest BCUT2D eigenvalue weighted by Crippen LogP contribution is -2.48. The number of nitrogens with one attached hydrogen (secondary N) is 6. The van der Waals surface area contributed by atoms with Crippen LogP contribution in [0.1, 0.15) is 24.0 Å². The van der Waals surface area contributed by atoms with Gasteiger partial charge in [-0.2, -0.15) is 0 Å². The first-order valence-corrected chi connectivity index (χ1v) is 11.8. The third-order valence-corrected chi connectivity index (χ3v) is 6.02. The number of benzene rings is 2. The molecule has 9 nitrogen and oxygen atoms in total. The molecule has 35 heavy (non-hydrogen) atoms. The highest BCUT2D eigenvalue weighted by Gasteiger charge is 2.22. The molecule has 0 radical (unpaired) electrons. The van der Waals surface area contributed by atoms with Crippen molar-refractivity contribution in [3.05, 3.63) is 72.1 Å². The van der Waals surface area contributed by atoms with E-state index in [-0.39, 0.29) is 24.2 Å². The zero-order valence-electron chi connectivity index (χ0n) is 19.5. The van der Waals surface area contributed by atoms with E-state index in [1.54, 1.807) is 0 Å². The maximum Gasteiger partial charge on any atom is 0.242 e. The predicted molar refractivity (Wildman–Crippen MR) is 138 cm³/mol. The molecule has 4 rings (SSSR count). The van der Waals surface area contributed by atoms with Crippen LogP contribution in [0.2, 0.25) is 0 Å². The lowest BCUT2D eigenvalue weighted by molar-refractivity contribution is -0.129. The van der Waals surface area contributed by atoms with Gasteiger partial charge in [-0.3, -0.25) is 15.0 Å². The Kier molecular flexibility index (Phi) is 7.67. The molecule has 0 aliphatic heterocycles. The number of hydrogen-bond donors (Lipinski definition) is 7. The first-order valence-electron chi connectivity index (χ1n) is 11.8. The van der Waals surface area contributed by atoms with Crippen molar-refractivity contribution in [2.75, 3.05) is 13.1 Å². The summed E-state index contributed by atoms with van der Waals surface area (Å²) in [4.78, 5) is 32.2. The second-order valence-electron chi connectivity index (χ2n) is 8.53. The minimum atomic E-state index is -0.703. The molecule has 0 saturated carbocycles. The number of aromatic amines is 2. The Hall–Kier alpha value is -4.27. The molecule has 2 aromatic carbocycles. The van der Waals surface area contributed by atoms with Crippen LogP contribution in [0.5, 0.6) is 0 Å². The number of guanidine groups is 1. The summed E-state index contributed by atoms with van der Waals surface area (Å²) in [7, 11) is 0. The molecular formula is C26H31N7O2. The fourth-order valence-electron chi connectivity index (χ4n) is 4.25. The molecule has 0 saturated heterocycles. The van der Waals surface area contributed by atoms with E-state index in [9.17, 15) is 9.59 Å². The van der Waals surface area contributed by atoms with Crippen molar-refractivity contribution in [3.63, 3.8) is 0 Å². The topological polar surface area (TPSA) is 152 Å². The van der Waals surface area contributed by atoms with E-state index in [0.29, 0.717) is 32.4 Å². The number of amides is 2. The van der Waals surface area contributed by atoms with Crippen LogP contribution in [0.15, 0.2) is 60.9 Å². The number of fused-ring (bicyclic) bond motifs is 2. The van der Waals surface area contributed by atoms with E-state index in [1.807, 2.05) is 54.9 Å². The number of para-hydroxylation sites is 2. The summed E-state index contributed by atoms with van der Waals surface area (Å²) in [5, 5.41) is 17.9. The van der Waals surface area contributed by atoms with Gasteiger partial charge in [0.2, 0.25) is 11.8 Å².